The molecular weight excluding hydrogens is 194 g/mol. The number of aliphatic hydroxyl groups excluding tert-OH is 1. The molecule has 0 rings (SSSR count). The van der Waals surface area contributed by atoms with Crippen molar-refractivity contribution in [3.05, 3.63) is 0 Å². The molecule has 1 N–H and O–H groups in total. The third kappa shape index (κ3) is 6.84. The van der Waals surface area contributed by atoms with Gasteiger partial charge in [-0.3, -0.25) is 4.90 Å². The molecule has 4 nitrogen and oxygen atoms in total. The highest BCUT2D eigenvalue weighted by Crippen LogP contribution is 2.05. The Bertz CT molecular complexity index is 142. The third-order valence-corrected chi connectivity index (χ3v) is 2.65. The molecule has 0 radical (unpaired) electrons. The van der Waals surface area contributed by atoms with Crippen LogP contribution in [-0.2, 0) is 9.47 Å². The van der Waals surface area contributed by atoms with Crippen LogP contribution in [0.1, 0.15) is 20.3 Å². The zero-order valence-electron chi connectivity index (χ0n) is 10.4. The molecule has 0 aromatic rings. The minimum atomic E-state index is -0.315. The molecule has 0 fully saturated rings. The van der Waals surface area contributed by atoms with Crippen molar-refractivity contribution in [3.8, 4) is 0 Å². The van der Waals surface area contributed by atoms with Gasteiger partial charge < -0.3 is 14.6 Å². The molecule has 0 aliphatic heterocycles. The second-order valence-electron chi connectivity index (χ2n) is 3.86. The summed E-state index contributed by atoms with van der Waals surface area (Å²) in [6.45, 7) is 7.10. The summed E-state index contributed by atoms with van der Waals surface area (Å²) in [7, 11) is 3.40. The van der Waals surface area contributed by atoms with Crippen molar-refractivity contribution in [3.63, 3.8) is 0 Å². The van der Waals surface area contributed by atoms with Crippen molar-refractivity contribution in [2.75, 3.05) is 40.5 Å². The van der Waals surface area contributed by atoms with Gasteiger partial charge in [0, 0.05) is 40.0 Å². The molecule has 0 bridgehead atoms. The first-order valence-electron chi connectivity index (χ1n) is 5.53. The highest BCUT2D eigenvalue weighted by Gasteiger charge is 2.17. The maximum Gasteiger partial charge on any atom is 0.0664 e. The van der Waals surface area contributed by atoms with Crippen LogP contribution in [0.5, 0.6) is 0 Å². The highest BCUT2D eigenvalue weighted by atomic mass is 16.5. The van der Waals surface area contributed by atoms with Crippen molar-refractivity contribution in [1.29, 1.82) is 0 Å². The highest BCUT2D eigenvalue weighted by molar-refractivity contribution is 4.71. The average molecular weight is 219 g/mol. The fourth-order valence-corrected chi connectivity index (χ4v) is 1.44. The number of rotatable bonds is 9. The molecule has 0 saturated heterocycles. The van der Waals surface area contributed by atoms with Crippen molar-refractivity contribution in [1.82, 2.24) is 4.90 Å². The van der Waals surface area contributed by atoms with E-state index < -0.39 is 0 Å². The molecule has 2 unspecified atom stereocenters. The van der Waals surface area contributed by atoms with E-state index in [0.29, 0.717) is 6.61 Å². The van der Waals surface area contributed by atoms with Gasteiger partial charge in [0.2, 0.25) is 0 Å². The quantitative estimate of drug-likeness (QED) is 0.581. The van der Waals surface area contributed by atoms with E-state index in [-0.39, 0.29) is 12.1 Å². The Morgan fingerprint density at radius 1 is 1.07 bits per heavy atom. The van der Waals surface area contributed by atoms with Gasteiger partial charge in [-0.25, -0.2) is 0 Å². The van der Waals surface area contributed by atoms with E-state index in [1.54, 1.807) is 14.2 Å². The SMILES string of the molecule is COCCCN(CCOC)C(C)C(C)O. The van der Waals surface area contributed by atoms with Gasteiger partial charge in [0.25, 0.3) is 0 Å². The van der Waals surface area contributed by atoms with Crippen molar-refractivity contribution in [2.24, 2.45) is 0 Å². The first-order valence-corrected chi connectivity index (χ1v) is 5.53. The van der Waals surface area contributed by atoms with Crippen LogP contribution in [0.25, 0.3) is 0 Å². The predicted molar refractivity (Wildman–Crippen MR) is 61.1 cm³/mol. The zero-order chi connectivity index (χ0) is 11.7. The maximum absolute atomic E-state index is 9.53. The maximum atomic E-state index is 9.53. The number of hydrogen-bond acceptors (Lipinski definition) is 4. The van der Waals surface area contributed by atoms with Gasteiger partial charge in [0.05, 0.1) is 12.7 Å². The molecule has 0 aromatic carbocycles. The Kier molecular flexibility index (Phi) is 9.00. The summed E-state index contributed by atoms with van der Waals surface area (Å²) in [6, 6.07) is 0.164. The molecule has 0 amide bonds. The Morgan fingerprint density at radius 3 is 2.13 bits per heavy atom. The Hall–Kier alpha value is -0.160. The third-order valence-electron chi connectivity index (χ3n) is 2.65. The van der Waals surface area contributed by atoms with Crippen LogP contribution in [0, 0.1) is 0 Å². The lowest BCUT2D eigenvalue weighted by molar-refractivity contribution is 0.0465. The van der Waals surface area contributed by atoms with Crippen molar-refractivity contribution < 1.29 is 14.6 Å². The summed E-state index contributed by atoms with van der Waals surface area (Å²) in [4.78, 5) is 2.23. The summed E-state index contributed by atoms with van der Waals surface area (Å²) < 4.78 is 10.1. The van der Waals surface area contributed by atoms with Crippen molar-refractivity contribution in [2.45, 2.75) is 32.4 Å². The predicted octanol–water partition coefficient (Wildman–Crippen LogP) is 0.741. The van der Waals surface area contributed by atoms with Gasteiger partial charge in [-0.05, 0) is 20.3 Å². The molecular formula is C11H25NO3. The number of aliphatic hydroxyl groups is 1. The molecule has 0 heterocycles. The Labute approximate surface area is 93.2 Å². The molecule has 0 saturated carbocycles. The van der Waals surface area contributed by atoms with Crippen LogP contribution in [-0.4, -0.2) is 62.7 Å². The molecule has 0 aliphatic carbocycles. The largest absolute Gasteiger partial charge is 0.392 e. The molecule has 0 spiro atoms. The Balaban J connectivity index is 3.93. The summed E-state index contributed by atoms with van der Waals surface area (Å²) in [5.74, 6) is 0. The topological polar surface area (TPSA) is 41.9 Å². The van der Waals surface area contributed by atoms with Crippen molar-refractivity contribution >= 4 is 0 Å². The van der Waals surface area contributed by atoms with E-state index in [9.17, 15) is 5.11 Å². The van der Waals surface area contributed by atoms with Crippen LogP contribution in [0.4, 0.5) is 0 Å². The number of ether oxygens (including phenoxy) is 2. The first kappa shape index (κ1) is 14.8. The Morgan fingerprint density at radius 2 is 1.67 bits per heavy atom. The van der Waals surface area contributed by atoms with Crippen LogP contribution in [0.15, 0.2) is 0 Å². The van der Waals surface area contributed by atoms with E-state index >= 15 is 0 Å². The van der Waals surface area contributed by atoms with E-state index in [1.807, 2.05) is 13.8 Å². The first-order chi connectivity index (χ1) is 7.13. The minimum Gasteiger partial charge on any atom is -0.392 e. The van der Waals surface area contributed by atoms with Gasteiger partial charge in [0.15, 0.2) is 0 Å². The number of methoxy groups -OCH3 is 2. The van der Waals surface area contributed by atoms with Gasteiger partial charge in [-0.15, -0.1) is 0 Å². The summed E-state index contributed by atoms with van der Waals surface area (Å²) in [5.41, 5.74) is 0. The van der Waals surface area contributed by atoms with Gasteiger partial charge in [-0.1, -0.05) is 0 Å². The number of hydrogen-bond donors (Lipinski definition) is 1. The molecule has 4 heteroatoms. The second kappa shape index (κ2) is 9.09. The molecule has 15 heavy (non-hydrogen) atoms. The van der Waals surface area contributed by atoms with Crippen LogP contribution in [0.2, 0.25) is 0 Å². The number of nitrogens with zero attached hydrogens (tertiary/aromatic N) is 1. The summed E-state index contributed by atoms with van der Waals surface area (Å²) in [5, 5.41) is 9.53. The summed E-state index contributed by atoms with van der Waals surface area (Å²) >= 11 is 0. The molecule has 0 aliphatic rings. The van der Waals surface area contributed by atoms with Gasteiger partial charge >= 0.3 is 0 Å². The van der Waals surface area contributed by atoms with Gasteiger partial charge in [0.1, 0.15) is 0 Å². The lowest BCUT2D eigenvalue weighted by atomic mass is 10.1. The minimum absolute atomic E-state index is 0.164. The zero-order valence-corrected chi connectivity index (χ0v) is 10.4. The molecule has 0 aromatic heterocycles. The van der Waals surface area contributed by atoms with E-state index in [1.165, 1.54) is 0 Å². The average Bonchev–Trinajstić information content (AvgIpc) is 2.22. The lowest BCUT2D eigenvalue weighted by Crippen LogP contribution is -2.42. The normalized spacial score (nSPS) is 15.6. The monoisotopic (exact) mass is 219 g/mol. The standard InChI is InChI=1S/C11H25NO3/c1-10(11(2)13)12(7-9-15-4)6-5-8-14-3/h10-11,13H,5-9H2,1-4H3. The molecule has 92 valence electrons. The fourth-order valence-electron chi connectivity index (χ4n) is 1.44. The smallest absolute Gasteiger partial charge is 0.0664 e. The lowest BCUT2D eigenvalue weighted by Gasteiger charge is -2.30. The molecule has 2 atom stereocenters. The van der Waals surface area contributed by atoms with Crippen LogP contribution >= 0.6 is 0 Å². The summed E-state index contributed by atoms with van der Waals surface area (Å²) in [6.07, 6.45) is 0.668. The second-order valence-corrected chi connectivity index (χ2v) is 3.86. The van der Waals surface area contributed by atoms with Crippen LogP contribution < -0.4 is 0 Å². The van der Waals surface area contributed by atoms with Crippen LogP contribution in [0.3, 0.4) is 0 Å². The fraction of sp³-hybridized carbons (Fsp3) is 1.00. The van der Waals surface area contributed by atoms with E-state index in [2.05, 4.69) is 4.90 Å². The van der Waals surface area contributed by atoms with Gasteiger partial charge in [-0.2, -0.15) is 0 Å². The van der Waals surface area contributed by atoms with E-state index in [4.69, 9.17) is 9.47 Å². The van der Waals surface area contributed by atoms with E-state index in [0.717, 1.165) is 26.1 Å².